The number of hydrogen-bond donors (Lipinski definition) is 1. The molecule has 0 aliphatic carbocycles. The first kappa shape index (κ1) is 15.2. The Morgan fingerprint density at radius 3 is 2.65 bits per heavy atom. The number of nitrogens with zero attached hydrogens (tertiary/aromatic N) is 3. The second-order valence-electron chi connectivity index (χ2n) is 5.53. The highest BCUT2D eigenvalue weighted by Gasteiger charge is 2.35. The highest BCUT2D eigenvalue weighted by atomic mass is 19.1. The maximum absolute atomic E-state index is 13.0. The zero-order valence-electron chi connectivity index (χ0n) is 12.6. The molecule has 2 aromatic rings. The van der Waals surface area contributed by atoms with E-state index in [0.717, 1.165) is 0 Å². The van der Waals surface area contributed by atoms with Crippen LogP contribution >= 0.6 is 0 Å². The maximum Gasteiger partial charge on any atom is 0.326 e. The average Bonchev–Trinajstić information content (AvgIpc) is 3.14. The molecule has 0 spiro atoms. The van der Waals surface area contributed by atoms with Crippen LogP contribution in [0.2, 0.25) is 0 Å². The molecular formula is C16H16FN3O3. The molecule has 23 heavy (non-hydrogen) atoms. The van der Waals surface area contributed by atoms with Gasteiger partial charge in [0.25, 0.3) is 5.91 Å². The fourth-order valence-electron chi connectivity index (χ4n) is 2.88. The van der Waals surface area contributed by atoms with Crippen molar-refractivity contribution in [2.24, 2.45) is 0 Å². The molecule has 3 rings (SSSR count). The van der Waals surface area contributed by atoms with Crippen LogP contribution in [0.1, 0.15) is 28.9 Å². The van der Waals surface area contributed by atoms with Crippen LogP contribution in [0.25, 0.3) is 5.69 Å². The minimum absolute atomic E-state index is 0.333. The molecule has 2 heterocycles. The van der Waals surface area contributed by atoms with E-state index in [-0.39, 0.29) is 11.7 Å². The fourth-order valence-corrected chi connectivity index (χ4v) is 2.88. The molecule has 1 aromatic carbocycles. The Morgan fingerprint density at radius 1 is 1.30 bits per heavy atom. The van der Waals surface area contributed by atoms with E-state index < -0.39 is 12.0 Å². The van der Waals surface area contributed by atoms with Gasteiger partial charge in [0.1, 0.15) is 11.9 Å². The summed E-state index contributed by atoms with van der Waals surface area (Å²) in [4.78, 5) is 25.2. The minimum atomic E-state index is -0.987. The number of halogens is 1. The Kier molecular flexibility index (Phi) is 3.85. The van der Waals surface area contributed by atoms with E-state index in [9.17, 15) is 19.1 Å². The first-order valence-electron chi connectivity index (χ1n) is 7.33. The van der Waals surface area contributed by atoms with Gasteiger partial charge in [0.2, 0.25) is 0 Å². The average molecular weight is 317 g/mol. The normalized spacial score (nSPS) is 17.5. The molecule has 1 aliphatic heterocycles. The lowest BCUT2D eigenvalue weighted by atomic mass is 10.2. The molecule has 1 atom stereocenters. The molecule has 0 bridgehead atoms. The topological polar surface area (TPSA) is 75.4 Å². The van der Waals surface area contributed by atoms with Gasteiger partial charge in [-0.05, 0) is 44.0 Å². The highest BCUT2D eigenvalue weighted by molar-refractivity contribution is 5.97. The van der Waals surface area contributed by atoms with Crippen LogP contribution in [0, 0.1) is 12.7 Å². The third-order valence-corrected chi connectivity index (χ3v) is 4.11. The Hall–Kier alpha value is -2.70. The first-order chi connectivity index (χ1) is 11.0. The molecule has 7 heteroatoms. The van der Waals surface area contributed by atoms with Crippen molar-refractivity contribution in [3.63, 3.8) is 0 Å². The Labute approximate surface area is 132 Å². The van der Waals surface area contributed by atoms with E-state index in [4.69, 9.17) is 0 Å². The Morgan fingerprint density at radius 2 is 2.00 bits per heavy atom. The summed E-state index contributed by atoms with van der Waals surface area (Å²) in [6, 6.07) is 4.99. The van der Waals surface area contributed by atoms with Crippen molar-refractivity contribution in [1.29, 1.82) is 0 Å². The number of rotatable bonds is 3. The number of benzene rings is 1. The van der Waals surface area contributed by atoms with Crippen molar-refractivity contribution in [3.8, 4) is 5.69 Å². The van der Waals surface area contributed by atoms with Crippen LogP contribution in [-0.4, -0.2) is 44.3 Å². The lowest BCUT2D eigenvalue weighted by Crippen LogP contribution is -2.40. The summed E-state index contributed by atoms with van der Waals surface area (Å²) < 4.78 is 14.6. The molecular weight excluding hydrogens is 301 g/mol. The first-order valence-corrected chi connectivity index (χ1v) is 7.33. The summed E-state index contributed by atoms with van der Waals surface area (Å²) in [7, 11) is 0. The quantitative estimate of drug-likeness (QED) is 0.939. The molecule has 1 aliphatic rings. The largest absolute Gasteiger partial charge is 0.480 e. The molecule has 120 valence electrons. The minimum Gasteiger partial charge on any atom is -0.480 e. The predicted molar refractivity (Wildman–Crippen MR) is 80.0 cm³/mol. The lowest BCUT2D eigenvalue weighted by Gasteiger charge is -2.21. The zero-order chi connectivity index (χ0) is 16.6. The third kappa shape index (κ3) is 2.69. The van der Waals surface area contributed by atoms with E-state index in [1.807, 2.05) is 0 Å². The molecule has 1 unspecified atom stereocenters. The van der Waals surface area contributed by atoms with Gasteiger partial charge in [-0.2, -0.15) is 5.10 Å². The summed E-state index contributed by atoms with van der Waals surface area (Å²) >= 11 is 0. The molecule has 1 N–H and O–H groups in total. The highest BCUT2D eigenvalue weighted by Crippen LogP contribution is 2.23. The van der Waals surface area contributed by atoms with Crippen molar-refractivity contribution in [2.45, 2.75) is 25.8 Å². The monoisotopic (exact) mass is 317 g/mol. The lowest BCUT2D eigenvalue weighted by molar-refractivity contribution is -0.141. The molecule has 1 aromatic heterocycles. The SMILES string of the molecule is Cc1c(C(=O)N2CCCC2C(=O)O)cnn1-c1ccc(F)cc1. The van der Waals surface area contributed by atoms with E-state index in [0.29, 0.717) is 36.3 Å². The van der Waals surface area contributed by atoms with Gasteiger partial charge in [0.05, 0.1) is 23.1 Å². The third-order valence-electron chi connectivity index (χ3n) is 4.11. The van der Waals surface area contributed by atoms with Gasteiger partial charge in [-0.25, -0.2) is 13.9 Å². The Balaban J connectivity index is 1.91. The van der Waals surface area contributed by atoms with Crippen LogP contribution in [-0.2, 0) is 4.79 Å². The second-order valence-corrected chi connectivity index (χ2v) is 5.53. The summed E-state index contributed by atoms with van der Waals surface area (Å²) in [6.45, 7) is 2.16. The zero-order valence-corrected chi connectivity index (χ0v) is 12.6. The molecule has 1 saturated heterocycles. The standard InChI is InChI=1S/C16H16FN3O3/c1-10-13(15(21)19-8-2-3-14(19)16(22)23)9-18-20(10)12-6-4-11(17)5-7-12/h4-7,9,14H,2-3,8H2,1H3,(H,22,23). The molecule has 0 saturated carbocycles. The fraction of sp³-hybridized carbons (Fsp3) is 0.312. The number of likely N-dealkylation sites (tertiary alicyclic amines) is 1. The van der Waals surface area contributed by atoms with Gasteiger partial charge in [-0.1, -0.05) is 0 Å². The summed E-state index contributed by atoms with van der Waals surface area (Å²) in [6.07, 6.45) is 2.57. The summed E-state index contributed by atoms with van der Waals surface area (Å²) in [5, 5.41) is 13.4. The molecule has 1 fully saturated rings. The van der Waals surface area contributed by atoms with Crippen LogP contribution in [0.15, 0.2) is 30.5 Å². The van der Waals surface area contributed by atoms with Crippen molar-refractivity contribution in [3.05, 3.63) is 47.5 Å². The summed E-state index contributed by atoms with van der Waals surface area (Å²) in [5.74, 6) is -1.67. The molecule has 0 radical (unpaired) electrons. The van der Waals surface area contributed by atoms with E-state index in [1.54, 1.807) is 23.7 Å². The van der Waals surface area contributed by atoms with Crippen molar-refractivity contribution < 1.29 is 19.1 Å². The van der Waals surface area contributed by atoms with Crippen LogP contribution < -0.4 is 0 Å². The van der Waals surface area contributed by atoms with Crippen LogP contribution in [0.4, 0.5) is 4.39 Å². The van der Waals surface area contributed by atoms with Gasteiger partial charge in [0.15, 0.2) is 0 Å². The van der Waals surface area contributed by atoms with Crippen molar-refractivity contribution >= 4 is 11.9 Å². The number of carboxylic acid groups (broad SMARTS) is 1. The maximum atomic E-state index is 13.0. The number of hydrogen-bond acceptors (Lipinski definition) is 3. The van der Waals surface area contributed by atoms with E-state index in [1.165, 1.54) is 23.2 Å². The number of aliphatic carboxylic acids is 1. The number of aromatic nitrogens is 2. The van der Waals surface area contributed by atoms with Gasteiger partial charge in [0, 0.05) is 6.54 Å². The van der Waals surface area contributed by atoms with Crippen molar-refractivity contribution in [1.82, 2.24) is 14.7 Å². The second kappa shape index (κ2) is 5.83. The van der Waals surface area contributed by atoms with E-state index >= 15 is 0 Å². The van der Waals surface area contributed by atoms with Gasteiger partial charge in [-0.15, -0.1) is 0 Å². The van der Waals surface area contributed by atoms with Gasteiger partial charge >= 0.3 is 5.97 Å². The predicted octanol–water partition coefficient (Wildman–Crippen LogP) is 2.01. The van der Waals surface area contributed by atoms with Crippen molar-refractivity contribution in [2.75, 3.05) is 6.54 Å². The van der Waals surface area contributed by atoms with Crippen LogP contribution in [0.3, 0.4) is 0 Å². The summed E-state index contributed by atoms with van der Waals surface area (Å²) in [5.41, 5.74) is 1.60. The van der Waals surface area contributed by atoms with Gasteiger partial charge in [-0.3, -0.25) is 4.79 Å². The van der Waals surface area contributed by atoms with Crippen LogP contribution in [0.5, 0.6) is 0 Å². The number of carbonyl (C=O) groups excluding carboxylic acids is 1. The molecule has 6 nitrogen and oxygen atoms in total. The van der Waals surface area contributed by atoms with E-state index in [2.05, 4.69) is 5.10 Å². The smallest absolute Gasteiger partial charge is 0.326 e. The number of amides is 1. The number of carbonyl (C=O) groups is 2. The van der Waals surface area contributed by atoms with Gasteiger partial charge < -0.3 is 10.0 Å². The Bertz CT molecular complexity index is 754. The molecule has 1 amide bonds. The number of carboxylic acids is 1.